The van der Waals surface area contributed by atoms with Crippen molar-refractivity contribution in [2.24, 2.45) is 0 Å². The number of anilines is 1. The summed E-state index contributed by atoms with van der Waals surface area (Å²) in [6, 6.07) is 15.0. The molecule has 24 heavy (non-hydrogen) atoms. The molecule has 0 fully saturated rings. The van der Waals surface area contributed by atoms with E-state index in [-0.39, 0.29) is 12.5 Å². The van der Waals surface area contributed by atoms with Gasteiger partial charge in [0.15, 0.2) is 0 Å². The van der Waals surface area contributed by atoms with Crippen LogP contribution in [-0.2, 0) is 17.9 Å². The van der Waals surface area contributed by atoms with E-state index in [2.05, 4.69) is 11.4 Å². The van der Waals surface area contributed by atoms with E-state index in [1.165, 1.54) is 4.88 Å². The van der Waals surface area contributed by atoms with Crippen LogP contribution in [-0.4, -0.2) is 17.4 Å². The van der Waals surface area contributed by atoms with E-state index in [4.69, 9.17) is 16.0 Å². The molecule has 0 aliphatic heterocycles. The zero-order valence-corrected chi connectivity index (χ0v) is 14.5. The molecule has 0 saturated carbocycles. The highest BCUT2D eigenvalue weighted by Crippen LogP contribution is 2.17. The predicted octanol–water partition coefficient (Wildman–Crippen LogP) is 4.64. The van der Waals surface area contributed by atoms with Crippen molar-refractivity contribution in [2.45, 2.75) is 13.1 Å². The third kappa shape index (κ3) is 4.96. The van der Waals surface area contributed by atoms with E-state index < -0.39 is 0 Å². The summed E-state index contributed by atoms with van der Waals surface area (Å²) in [5.41, 5.74) is 0.696. The standard InChI is InChI=1S/C18H17ClN2O2S/c19-14-4-1-5-15(10-14)20-18(22)13-21(11-16-6-2-8-23-16)12-17-7-3-9-24-17/h1-10H,11-13H2,(H,20,22). The lowest BCUT2D eigenvalue weighted by atomic mass is 10.3. The van der Waals surface area contributed by atoms with Crippen LogP contribution in [0.3, 0.4) is 0 Å². The monoisotopic (exact) mass is 360 g/mol. The van der Waals surface area contributed by atoms with Crippen molar-refractivity contribution in [1.29, 1.82) is 0 Å². The first-order valence-corrected chi connectivity index (χ1v) is 8.77. The molecule has 2 heterocycles. The lowest BCUT2D eigenvalue weighted by Crippen LogP contribution is -2.32. The quantitative estimate of drug-likeness (QED) is 0.667. The van der Waals surface area contributed by atoms with Crippen LogP contribution in [0.15, 0.2) is 64.6 Å². The van der Waals surface area contributed by atoms with Gasteiger partial charge in [-0.25, -0.2) is 0 Å². The number of carbonyl (C=O) groups excluding carboxylic acids is 1. The van der Waals surface area contributed by atoms with E-state index in [9.17, 15) is 4.79 Å². The van der Waals surface area contributed by atoms with E-state index in [0.717, 1.165) is 5.76 Å². The largest absolute Gasteiger partial charge is 0.468 e. The zero-order chi connectivity index (χ0) is 16.8. The highest BCUT2D eigenvalue weighted by molar-refractivity contribution is 7.09. The molecule has 4 nitrogen and oxygen atoms in total. The van der Waals surface area contributed by atoms with Gasteiger partial charge in [-0.3, -0.25) is 9.69 Å². The van der Waals surface area contributed by atoms with Gasteiger partial charge in [-0.05, 0) is 41.8 Å². The Morgan fingerprint density at radius 2 is 2.08 bits per heavy atom. The summed E-state index contributed by atoms with van der Waals surface area (Å²) in [4.78, 5) is 15.6. The van der Waals surface area contributed by atoms with Crippen LogP contribution >= 0.6 is 22.9 Å². The molecule has 3 aromatic rings. The Morgan fingerprint density at radius 3 is 2.79 bits per heavy atom. The number of furan rings is 1. The van der Waals surface area contributed by atoms with E-state index in [1.54, 1.807) is 29.7 Å². The molecule has 1 amide bonds. The number of nitrogens with zero attached hydrogens (tertiary/aromatic N) is 1. The van der Waals surface area contributed by atoms with Crippen molar-refractivity contribution in [3.63, 3.8) is 0 Å². The lowest BCUT2D eigenvalue weighted by molar-refractivity contribution is -0.117. The van der Waals surface area contributed by atoms with Gasteiger partial charge in [0.25, 0.3) is 0 Å². The number of nitrogens with one attached hydrogen (secondary N) is 1. The molecule has 1 N–H and O–H groups in total. The van der Waals surface area contributed by atoms with Crippen LogP contribution in [0, 0.1) is 0 Å². The molecular formula is C18H17ClN2O2S. The summed E-state index contributed by atoms with van der Waals surface area (Å²) in [6.45, 7) is 1.54. The summed E-state index contributed by atoms with van der Waals surface area (Å²) in [5.74, 6) is 0.752. The SMILES string of the molecule is O=C(CN(Cc1ccco1)Cc1cccs1)Nc1cccc(Cl)c1. The van der Waals surface area contributed by atoms with Crippen LogP contribution in [0.1, 0.15) is 10.6 Å². The fourth-order valence-corrected chi connectivity index (χ4v) is 3.32. The van der Waals surface area contributed by atoms with Crippen LogP contribution in [0.5, 0.6) is 0 Å². The third-order valence-corrected chi connectivity index (χ3v) is 4.49. The van der Waals surface area contributed by atoms with Crippen molar-refractivity contribution in [2.75, 3.05) is 11.9 Å². The Kier molecular flexibility index (Phi) is 5.69. The Balaban J connectivity index is 1.64. The Bertz CT molecular complexity index is 736. The maximum absolute atomic E-state index is 12.4. The average Bonchev–Trinajstić information content (AvgIpc) is 3.21. The second-order valence-electron chi connectivity index (χ2n) is 5.36. The summed E-state index contributed by atoms with van der Waals surface area (Å²) in [5, 5.41) is 5.51. The van der Waals surface area contributed by atoms with E-state index >= 15 is 0 Å². The van der Waals surface area contributed by atoms with Gasteiger partial charge >= 0.3 is 0 Å². The van der Waals surface area contributed by atoms with E-state index in [1.807, 2.05) is 40.6 Å². The maximum Gasteiger partial charge on any atom is 0.238 e. The minimum atomic E-state index is -0.0830. The molecule has 3 rings (SSSR count). The minimum Gasteiger partial charge on any atom is -0.468 e. The van der Waals surface area contributed by atoms with Gasteiger partial charge in [-0.15, -0.1) is 11.3 Å². The number of hydrogen-bond donors (Lipinski definition) is 1. The smallest absolute Gasteiger partial charge is 0.238 e. The number of carbonyl (C=O) groups is 1. The summed E-state index contributed by atoms with van der Waals surface area (Å²) in [6.07, 6.45) is 1.64. The van der Waals surface area contributed by atoms with Crippen LogP contribution in [0.4, 0.5) is 5.69 Å². The average molecular weight is 361 g/mol. The summed E-state index contributed by atoms with van der Waals surface area (Å²) in [7, 11) is 0. The first kappa shape index (κ1) is 16.8. The molecule has 0 bridgehead atoms. The molecule has 0 aliphatic rings. The number of hydrogen-bond acceptors (Lipinski definition) is 4. The van der Waals surface area contributed by atoms with Crippen molar-refractivity contribution in [1.82, 2.24) is 4.90 Å². The van der Waals surface area contributed by atoms with Gasteiger partial charge in [0.1, 0.15) is 5.76 Å². The summed E-state index contributed by atoms with van der Waals surface area (Å²) < 4.78 is 5.41. The molecule has 0 atom stereocenters. The first-order chi connectivity index (χ1) is 11.7. The number of rotatable bonds is 7. The maximum atomic E-state index is 12.4. The second-order valence-corrected chi connectivity index (χ2v) is 6.83. The van der Waals surface area contributed by atoms with Crippen molar-refractivity contribution in [3.8, 4) is 0 Å². The predicted molar refractivity (Wildman–Crippen MR) is 97.2 cm³/mol. The van der Waals surface area contributed by atoms with Crippen LogP contribution in [0.25, 0.3) is 0 Å². The van der Waals surface area contributed by atoms with Crippen molar-refractivity contribution < 1.29 is 9.21 Å². The van der Waals surface area contributed by atoms with Gasteiger partial charge in [-0.1, -0.05) is 23.7 Å². The number of halogens is 1. The molecule has 0 unspecified atom stereocenters. The topological polar surface area (TPSA) is 45.5 Å². The fraction of sp³-hybridized carbons (Fsp3) is 0.167. The molecule has 1 aromatic carbocycles. The Hall–Kier alpha value is -2.08. The van der Waals surface area contributed by atoms with Gasteiger partial charge in [0, 0.05) is 22.1 Å². The van der Waals surface area contributed by atoms with Gasteiger partial charge in [0.05, 0.1) is 19.4 Å². The fourth-order valence-electron chi connectivity index (χ4n) is 2.38. The number of amides is 1. The zero-order valence-electron chi connectivity index (χ0n) is 12.9. The molecule has 0 spiro atoms. The molecule has 124 valence electrons. The molecule has 0 saturated heterocycles. The normalized spacial score (nSPS) is 10.9. The molecule has 2 aromatic heterocycles. The van der Waals surface area contributed by atoms with Crippen LogP contribution < -0.4 is 5.32 Å². The second kappa shape index (κ2) is 8.15. The number of benzene rings is 1. The molecule has 0 radical (unpaired) electrons. The minimum absolute atomic E-state index is 0.0830. The van der Waals surface area contributed by atoms with Crippen LogP contribution in [0.2, 0.25) is 5.02 Å². The highest BCUT2D eigenvalue weighted by atomic mass is 35.5. The Labute approximate surface area is 149 Å². The number of thiophene rings is 1. The molecular weight excluding hydrogens is 344 g/mol. The van der Waals surface area contributed by atoms with Gasteiger partial charge in [0.2, 0.25) is 5.91 Å². The third-order valence-electron chi connectivity index (χ3n) is 3.39. The highest BCUT2D eigenvalue weighted by Gasteiger charge is 2.14. The summed E-state index contributed by atoms with van der Waals surface area (Å²) >= 11 is 7.63. The van der Waals surface area contributed by atoms with E-state index in [0.29, 0.717) is 23.8 Å². The van der Waals surface area contributed by atoms with Gasteiger partial charge in [-0.2, -0.15) is 0 Å². The van der Waals surface area contributed by atoms with Crippen molar-refractivity contribution >= 4 is 34.5 Å². The lowest BCUT2D eigenvalue weighted by Gasteiger charge is -2.20. The van der Waals surface area contributed by atoms with Crippen molar-refractivity contribution in [3.05, 3.63) is 75.8 Å². The first-order valence-electron chi connectivity index (χ1n) is 7.51. The molecule has 6 heteroatoms. The van der Waals surface area contributed by atoms with Gasteiger partial charge < -0.3 is 9.73 Å². The molecule has 0 aliphatic carbocycles. The Morgan fingerprint density at radius 1 is 1.17 bits per heavy atom.